The van der Waals surface area contributed by atoms with Crippen molar-refractivity contribution in [2.24, 2.45) is 0 Å². The summed E-state index contributed by atoms with van der Waals surface area (Å²) in [5.41, 5.74) is 2.51. The van der Waals surface area contributed by atoms with Crippen LogP contribution in [-0.4, -0.2) is 34.9 Å². The number of hydrogen-bond acceptors (Lipinski definition) is 6. The molecule has 1 N–H and O–H groups in total. The molecule has 0 aromatic carbocycles. The molecule has 0 saturated carbocycles. The molecule has 0 aliphatic carbocycles. The number of aryl methyl sites for hydroxylation is 1. The summed E-state index contributed by atoms with van der Waals surface area (Å²) in [5.74, 6) is -0.537. The van der Waals surface area contributed by atoms with Gasteiger partial charge in [0, 0.05) is 6.42 Å². The summed E-state index contributed by atoms with van der Waals surface area (Å²) < 4.78 is 4.77. The van der Waals surface area contributed by atoms with E-state index in [-0.39, 0.29) is 12.4 Å². The van der Waals surface area contributed by atoms with Gasteiger partial charge in [0.15, 0.2) is 0 Å². The first kappa shape index (κ1) is 15.0. The Morgan fingerprint density at radius 2 is 2.33 bits per heavy atom. The average Bonchev–Trinajstić information content (AvgIpc) is 2.74. The molecule has 0 spiro atoms. The second-order valence-corrected chi connectivity index (χ2v) is 5.67. The zero-order chi connectivity index (χ0) is 13.5. The number of carboxylic acid groups (broad SMARTS) is 1. The van der Waals surface area contributed by atoms with Gasteiger partial charge in [0.2, 0.25) is 0 Å². The number of rotatable bonds is 7. The van der Waals surface area contributed by atoms with Crippen molar-refractivity contribution in [1.82, 2.24) is 4.98 Å². The van der Waals surface area contributed by atoms with Gasteiger partial charge in [-0.25, -0.2) is 4.98 Å². The van der Waals surface area contributed by atoms with Crippen molar-refractivity contribution in [3.8, 4) is 0 Å². The zero-order valence-electron chi connectivity index (χ0n) is 10.2. The summed E-state index contributed by atoms with van der Waals surface area (Å²) in [6.07, 6.45) is 0.647. The molecule has 1 heterocycles. The van der Waals surface area contributed by atoms with Crippen LogP contribution in [-0.2, 0) is 14.3 Å². The van der Waals surface area contributed by atoms with Crippen molar-refractivity contribution in [3.63, 3.8) is 0 Å². The smallest absolute Gasteiger partial charge is 0.324 e. The molecule has 1 aromatic heterocycles. The van der Waals surface area contributed by atoms with E-state index >= 15 is 0 Å². The molecule has 0 amide bonds. The predicted molar refractivity (Wildman–Crippen MR) is 70.9 cm³/mol. The lowest BCUT2D eigenvalue weighted by Gasteiger charge is -2.12. The van der Waals surface area contributed by atoms with Crippen molar-refractivity contribution in [3.05, 3.63) is 16.1 Å². The molecule has 100 valence electrons. The maximum absolute atomic E-state index is 11.7. The molecule has 7 heteroatoms. The SMILES string of the molecule is COC(=O)C(SCCCC(=O)O)c1scnc1C. The Balaban J connectivity index is 2.60. The third-order valence-corrected chi connectivity index (χ3v) is 4.69. The van der Waals surface area contributed by atoms with Crippen LogP contribution in [0.2, 0.25) is 0 Å². The van der Waals surface area contributed by atoms with Gasteiger partial charge in [0.1, 0.15) is 5.25 Å². The molecule has 1 aromatic rings. The van der Waals surface area contributed by atoms with Crippen molar-refractivity contribution in [2.75, 3.05) is 12.9 Å². The third-order valence-electron chi connectivity index (χ3n) is 2.26. The molecule has 0 fully saturated rings. The van der Waals surface area contributed by atoms with Crippen LogP contribution >= 0.6 is 23.1 Å². The number of hydrogen-bond donors (Lipinski definition) is 1. The van der Waals surface area contributed by atoms with E-state index in [1.165, 1.54) is 30.2 Å². The number of aromatic nitrogens is 1. The highest BCUT2D eigenvalue weighted by Gasteiger charge is 2.25. The second-order valence-electron chi connectivity index (χ2n) is 3.57. The minimum absolute atomic E-state index is 0.114. The molecule has 0 saturated heterocycles. The highest BCUT2D eigenvalue weighted by molar-refractivity contribution is 8.00. The molecule has 1 rings (SSSR count). The summed E-state index contributed by atoms with van der Waals surface area (Å²) in [6.45, 7) is 1.85. The summed E-state index contributed by atoms with van der Waals surface area (Å²) in [5, 5.41) is 8.15. The monoisotopic (exact) mass is 289 g/mol. The minimum atomic E-state index is -0.820. The summed E-state index contributed by atoms with van der Waals surface area (Å²) in [7, 11) is 1.35. The number of carbonyl (C=O) groups is 2. The Morgan fingerprint density at radius 1 is 1.61 bits per heavy atom. The Morgan fingerprint density at radius 3 is 2.83 bits per heavy atom. The average molecular weight is 289 g/mol. The van der Waals surface area contributed by atoms with Crippen LogP contribution in [0.25, 0.3) is 0 Å². The minimum Gasteiger partial charge on any atom is -0.481 e. The Kier molecular flexibility index (Phi) is 6.14. The molecule has 0 bridgehead atoms. The fourth-order valence-corrected chi connectivity index (χ4v) is 3.58. The van der Waals surface area contributed by atoms with Gasteiger partial charge < -0.3 is 9.84 Å². The van der Waals surface area contributed by atoms with Crippen LogP contribution in [0.5, 0.6) is 0 Å². The van der Waals surface area contributed by atoms with Gasteiger partial charge in [0.05, 0.1) is 23.2 Å². The van der Waals surface area contributed by atoms with Crippen LogP contribution in [0, 0.1) is 6.92 Å². The van der Waals surface area contributed by atoms with E-state index in [1.54, 1.807) is 5.51 Å². The lowest BCUT2D eigenvalue weighted by Crippen LogP contribution is -2.12. The Labute approximate surface area is 114 Å². The lowest BCUT2D eigenvalue weighted by molar-refractivity contribution is -0.140. The van der Waals surface area contributed by atoms with Crippen molar-refractivity contribution < 1.29 is 19.4 Å². The first-order valence-electron chi connectivity index (χ1n) is 5.37. The van der Waals surface area contributed by atoms with Gasteiger partial charge in [-0.2, -0.15) is 0 Å². The second kappa shape index (κ2) is 7.38. The van der Waals surface area contributed by atoms with Crippen LogP contribution < -0.4 is 0 Å². The molecular weight excluding hydrogens is 274 g/mol. The number of nitrogens with zero attached hydrogens (tertiary/aromatic N) is 1. The number of carboxylic acids is 1. The van der Waals surface area contributed by atoms with E-state index in [0.29, 0.717) is 12.2 Å². The van der Waals surface area contributed by atoms with E-state index in [0.717, 1.165) is 10.6 Å². The molecule has 5 nitrogen and oxygen atoms in total. The molecular formula is C11H15NO4S2. The molecule has 18 heavy (non-hydrogen) atoms. The van der Waals surface area contributed by atoms with E-state index < -0.39 is 11.2 Å². The topological polar surface area (TPSA) is 76.5 Å². The number of thioether (sulfide) groups is 1. The lowest BCUT2D eigenvalue weighted by atomic mass is 10.3. The Hall–Kier alpha value is -1.08. The number of ether oxygens (including phenoxy) is 1. The molecule has 0 aliphatic rings. The van der Waals surface area contributed by atoms with Crippen molar-refractivity contribution in [1.29, 1.82) is 0 Å². The van der Waals surface area contributed by atoms with Crippen LogP contribution in [0.3, 0.4) is 0 Å². The number of methoxy groups -OCH3 is 1. The van der Waals surface area contributed by atoms with Crippen LogP contribution in [0.1, 0.15) is 28.7 Å². The van der Waals surface area contributed by atoms with E-state index in [4.69, 9.17) is 9.84 Å². The molecule has 1 unspecified atom stereocenters. The van der Waals surface area contributed by atoms with E-state index in [1.807, 2.05) is 6.92 Å². The molecule has 1 atom stereocenters. The number of carbonyl (C=O) groups excluding carboxylic acids is 1. The number of aliphatic carboxylic acids is 1. The van der Waals surface area contributed by atoms with Gasteiger partial charge >= 0.3 is 11.9 Å². The fourth-order valence-electron chi connectivity index (χ4n) is 1.34. The number of esters is 1. The van der Waals surface area contributed by atoms with Gasteiger partial charge in [0.25, 0.3) is 0 Å². The summed E-state index contributed by atoms with van der Waals surface area (Å²) in [4.78, 5) is 27.1. The molecule has 0 radical (unpaired) electrons. The summed E-state index contributed by atoms with van der Waals surface area (Å²) in [6, 6.07) is 0. The zero-order valence-corrected chi connectivity index (χ0v) is 11.8. The first-order valence-corrected chi connectivity index (χ1v) is 7.30. The maximum atomic E-state index is 11.7. The molecule has 0 aliphatic heterocycles. The van der Waals surface area contributed by atoms with Crippen LogP contribution in [0.4, 0.5) is 0 Å². The van der Waals surface area contributed by atoms with Crippen LogP contribution in [0.15, 0.2) is 5.51 Å². The maximum Gasteiger partial charge on any atom is 0.324 e. The highest BCUT2D eigenvalue weighted by Crippen LogP contribution is 2.35. The van der Waals surface area contributed by atoms with Gasteiger partial charge in [-0.05, 0) is 19.1 Å². The van der Waals surface area contributed by atoms with Crippen molar-refractivity contribution in [2.45, 2.75) is 25.0 Å². The standard InChI is InChI=1S/C11H15NO4S2/c1-7-9(18-6-12-7)10(11(15)16-2)17-5-3-4-8(13)14/h6,10H,3-5H2,1-2H3,(H,13,14). The highest BCUT2D eigenvalue weighted by atomic mass is 32.2. The van der Waals surface area contributed by atoms with E-state index in [2.05, 4.69) is 4.98 Å². The van der Waals surface area contributed by atoms with Gasteiger partial charge in [-0.15, -0.1) is 23.1 Å². The van der Waals surface area contributed by atoms with E-state index in [9.17, 15) is 9.59 Å². The normalized spacial score (nSPS) is 12.1. The third kappa shape index (κ3) is 4.30. The van der Waals surface area contributed by atoms with Crippen molar-refractivity contribution >= 4 is 35.0 Å². The Bertz CT molecular complexity index is 419. The summed E-state index contributed by atoms with van der Waals surface area (Å²) >= 11 is 2.82. The van der Waals surface area contributed by atoms with Gasteiger partial charge in [-0.1, -0.05) is 0 Å². The fraction of sp³-hybridized carbons (Fsp3) is 0.545. The first-order chi connectivity index (χ1) is 8.56. The predicted octanol–water partition coefficient (Wildman–Crippen LogP) is 2.26. The quantitative estimate of drug-likeness (QED) is 0.613. The number of thiazole rings is 1. The van der Waals surface area contributed by atoms with Gasteiger partial charge in [-0.3, -0.25) is 9.59 Å². The largest absolute Gasteiger partial charge is 0.481 e.